The van der Waals surface area contributed by atoms with Gasteiger partial charge in [-0.2, -0.15) is 5.26 Å². The predicted octanol–water partition coefficient (Wildman–Crippen LogP) is 5.21. The second kappa shape index (κ2) is 4.44. The van der Waals surface area contributed by atoms with Gasteiger partial charge in [-0.3, -0.25) is 0 Å². The number of benzene rings is 1. The van der Waals surface area contributed by atoms with E-state index in [1.54, 1.807) is 0 Å². The van der Waals surface area contributed by atoms with Crippen LogP contribution in [0.1, 0.15) is 39.2 Å². The molecule has 1 saturated carbocycles. The first-order valence-corrected chi connectivity index (χ1v) is 6.91. The van der Waals surface area contributed by atoms with Gasteiger partial charge in [0, 0.05) is 15.6 Å². The first-order valence-electron chi connectivity index (χ1n) is 6.16. The average Bonchev–Trinajstić information content (AvgIpc) is 2.19. The molecule has 1 fully saturated rings. The lowest BCUT2D eigenvalue weighted by molar-refractivity contribution is 0.0783. The number of nitriles is 1. The number of hydrogen-bond donors (Lipinski definition) is 0. The average molecular weight is 282 g/mol. The van der Waals surface area contributed by atoms with Gasteiger partial charge >= 0.3 is 0 Å². The van der Waals surface area contributed by atoms with Gasteiger partial charge in [-0.1, -0.05) is 50.0 Å². The molecule has 0 spiro atoms. The summed E-state index contributed by atoms with van der Waals surface area (Å²) in [4.78, 5) is 0. The Morgan fingerprint density at radius 3 is 2.11 bits per heavy atom. The molecule has 96 valence electrons. The van der Waals surface area contributed by atoms with Crippen LogP contribution in [-0.4, -0.2) is 0 Å². The van der Waals surface area contributed by atoms with Crippen molar-refractivity contribution < 1.29 is 0 Å². The molecule has 0 radical (unpaired) electrons. The minimum absolute atomic E-state index is 0.230. The van der Waals surface area contributed by atoms with E-state index in [2.05, 4.69) is 26.8 Å². The molecule has 0 atom stereocenters. The predicted molar refractivity (Wildman–Crippen MR) is 75.9 cm³/mol. The van der Waals surface area contributed by atoms with E-state index in [9.17, 15) is 5.26 Å². The van der Waals surface area contributed by atoms with Crippen molar-refractivity contribution in [1.82, 2.24) is 0 Å². The maximum absolute atomic E-state index is 9.56. The molecule has 3 heteroatoms. The molecule has 0 N–H and O–H groups in total. The van der Waals surface area contributed by atoms with E-state index in [-0.39, 0.29) is 5.41 Å². The summed E-state index contributed by atoms with van der Waals surface area (Å²) in [6, 6.07) is 7.89. The number of nitrogens with zero attached hydrogens (tertiary/aromatic N) is 1. The number of rotatable bonds is 1. The van der Waals surface area contributed by atoms with Gasteiger partial charge in [-0.05, 0) is 36.3 Å². The third-order valence-electron chi connectivity index (χ3n) is 4.07. The fourth-order valence-electron chi connectivity index (χ4n) is 2.70. The van der Waals surface area contributed by atoms with Crippen LogP contribution in [0.25, 0.3) is 0 Å². The summed E-state index contributed by atoms with van der Waals surface area (Å²) in [5, 5.41) is 10.8. The van der Waals surface area contributed by atoms with Crippen LogP contribution >= 0.6 is 23.2 Å². The molecule has 1 aromatic rings. The Morgan fingerprint density at radius 2 is 1.72 bits per heavy atom. The van der Waals surface area contributed by atoms with Gasteiger partial charge in [-0.25, -0.2) is 0 Å². The van der Waals surface area contributed by atoms with Crippen LogP contribution in [0, 0.1) is 22.7 Å². The maximum atomic E-state index is 9.56. The molecule has 2 rings (SSSR count). The third kappa shape index (κ3) is 2.13. The van der Waals surface area contributed by atoms with E-state index in [1.807, 2.05) is 18.2 Å². The molecule has 0 unspecified atom stereocenters. The molecule has 0 aliphatic heterocycles. The molecule has 0 amide bonds. The molecule has 1 aliphatic rings. The third-order valence-corrected chi connectivity index (χ3v) is 4.70. The van der Waals surface area contributed by atoms with E-state index in [1.165, 1.54) is 0 Å². The molecular weight excluding hydrogens is 265 g/mol. The van der Waals surface area contributed by atoms with Crippen molar-refractivity contribution >= 4 is 23.2 Å². The van der Waals surface area contributed by atoms with Crippen LogP contribution < -0.4 is 0 Å². The van der Waals surface area contributed by atoms with Crippen molar-refractivity contribution in [3.63, 3.8) is 0 Å². The van der Waals surface area contributed by atoms with Gasteiger partial charge in [0.25, 0.3) is 0 Å². The fourth-order valence-corrected chi connectivity index (χ4v) is 3.46. The zero-order chi connectivity index (χ0) is 13.6. The van der Waals surface area contributed by atoms with Crippen LogP contribution in [0.4, 0.5) is 0 Å². The van der Waals surface area contributed by atoms with Gasteiger partial charge in [0.2, 0.25) is 0 Å². The topological polar surface area (TPSA) is 23.8 Å². The van der Waals surface area contributed by atoms with Gasteiger partial charge in [0.05, 0.1) is 11.5 Å². The summed E-state index contributed by atoms with van der Waals surface area (Å²) in [7, 11) is 0. The fraction of sp³-hybridized carbons (Fsp3) is 0.533. The Kier molecular flexibility index (Phi) is 3.38. The molecule has 0 heterocycles. The van der Waals surface area contributed by atoms with Gasteiger partial charge in [-0.15, -0.1) is 0 Å². The summed E-state index contributed by atoms with van der Waals surface area (Å²) in [5.74, 6) is 0.546. The van der Waals surface area contributed by atoms with Crippen molar-refractivity contribution in [2.24, 2.45) is 11.3 Å². The minimum Gasteiger partial charge on any atom is -0.197 e. The van der Waals surface area contributed by atoms with E-state index in [0.29, 0.717) is 16.0 Å². The van der Waals surface area contributed by atoms with Crippen molar-refractivity contribution in [2.45, 2.75) is 39.0 Å². The van der Waals surface area contributed by atoms with Gasteiger partial charge in [0.15, 0.2) is 0 Å². The highest BCUT2D eigenvalue weighted by molar-refractivity contribution is 6.36. The van der Waals surface area contributed by atoms with Gasteiger partial charge < -0.3 is 0 Å². The standard InChI is InChI=1S/C15H17Cl2N/c1-14(2,3)10-7-15(8-10,9-18)13-11(16)5-4-6-12(13)17/h4-6,10H,7-8H2,1-3H3. The Balaban J connectivity index is 2.36. The van der Waals surface area contributed by atoms with Crippen LogP contribution in [0.3, 0.4) is 0 Å². The highest BCUT2D eigenvalue weighted by Crippen LogP contribution is 2.56. The molecule has 0 bridgehead atoms. The highest BCUT2D eigenvalue weighted by atomic mass is 35.5. The van der Waals surface area contributed by atoms with E-state index in [0.717, 1.165) is 18.4 Å². The van der Waals surface area contributed by atoms with E-state index < -0.39 is 5.41 Å². The van der Waals surface area contributed by atoms with Crippen molar-refractivity contribution in [3.05, 3.63) is 33.8 Å². The van der Waals surface area contributed by atoms with E-state index in [4.69, 9.17) is 23.2 Å². The first-order chi connectivity index (χ1) is 8.30. The molecular formula is C15H17Cl2N. The summed E-state index contributed by atoms with van der Waals surface area (Å²) in [6.45, 7) is 6.65. The minimum atomic E-state index is -0.493. The van der Waals surface area contributed by atoms with Crippen molar-refractivity contribution in [1.29, 1.82) is 5.26 Å². The molecule has 1 aliphatic carbocycles. The SMILES string of the molecule is CC(C)(C)C1CC(C#N)(c2c(Cl)cccc2Cl)C1. The van der Waals surface area contributed by atoms with Crippen molar-refractivity contribution in [3.8, 4) is 6.07 Å². The lowest BCUT2D eigenvalue weighted by Crippen LogP contribution is -2.45. The van der Waals surface area contributed by atoms with Crippen molar-refractivity contribution in [2.75, 3.05) is 0 Å². The molecule has 1 nitrogen and oxygen atoms in total. The lowest BCUT2D eigenvalue weighted by atomic mass is 9.53. The molecule has 0 aromatic heterocycles. The number of hydrogen-bond acceptors (Lipinski definition) is 1. The Morgan fingerprint density at radius 1 is 1.22 bits per heavy atom. The quantitative estimate of drug-likeness (QED) is 0.693. The Hall–Kier alpha value is -0.710. The van der Waals surface area contributed by atoms with E-state index >= 15 is 0 Å². The molecule has 1 aromatic carbocycles. The second-order valence-electron chi connectivity index (χ2n) is 6.26. The number of halogens is 2. The van der Waals surface area contributed by atoms with Crippen LogP contribution in [0.2, 0.25) is 10.0 Å². The molecule has 18 heavy (non-hydrogen) atoms. The van der Waals surface area contributed by atoms with Crippen LogP contribution in [-0.2, 0) is 5.41 Å². The monoisotopic (exact) mass is 281 g/mol. The summed E-state index contributed by atoms with van der Waals surface area (Å²) >= 11 is 12.5. The Labute approximate surface area is 119 Å². The maximum Gasteiger partial charge on any atom is 0.0857 e. The largest absolute Gasteiger partial charge is 0.197 e. The smallest absolute Gasteiger partial charge is 0.0857 e. The Bertz CT molecular complexity index is 482. The second-order valence-corrected chi connectivity index (χ2v) is 7.08. The summed E-state index contributed by atoms with van der Waals surface area (Å²) in [5.41, 5.74) is 0.554. The van der Waals surface area contributed by atoms with Crippen LogP contribution in [0.15, 0.2) is 18.2 Å². The highest BCUT2D eigenvalue weighted by Gasteiger charge is 2.51. The first kappa shape index (κ1) is 13.7. The summed E-state index contributed by atoms with van der Waals surface area (Å²) < 4.78 is 0. The lowest BCUT2D eigenvalue weighted by Gasteiger charge is -2.49. The molecule has 0 saturated heterocycles. The van der Waals surface area contributed by atoms with Gasteiger partial charge in [0.1, 0.15) is 0 Å². The zero-order valence-electron chi connectivity index (χ0n) is 10.9. The summed E-state index contributed by atoms with van der Waals surface area (Å²) in [6.07, 6.45) is 1.69. The normalized spacial score (nSPS) is 27.4. The van der Waals surface area contributed by atoms with Crippen LogP contribution in [0.5, 0.6) is 0 Å². The zero-order valence-corrected chi connectivity index (χ0v) is 12.4.